The predicted octanol–water partition coefficient (Wildman–Crippen LogP) is 4.10. The van der Waals surface area contributed by atoms with Gasteiger partial charge in [-0.25, -0.2) is 9.97 Å². The number of nitrogens with zero attached hydrogens (tertiary/aromatic N) is 4. The minimum atomic E-state index is -0.749. The first kappa shape index (κ1) is 21.7. The lowest BCUT2D eigenvalue weighted by molar-refractivity contribution is -0.384. The monoisotopic (exact) mass is 463 g/mol. The maximum atomic E-state index is 12.2. The van der Waals surface area contributed by atoms with Crippen LogP contribution in [-0.2, 0) is 0 Å². The molecule has 0 radical (unpaired) electrons. The summed E-state index contributed by atoms with van der Waals surface area (Å²) in [5, 5.41) is 25.6. The van der Waals surface area contributed by atoms with E-state index in [9.17, 15) is 25.0 Å². The number of nitro groups is 2. The zero-order valence-electron chi connectivity index (χ0n) is 15.2. The summed E-state index contributed by atoms with van der Waals surface area (Å²) in [5.74, 6) is -1.21. The van der Waals surface area contributed by atoms with Crippen molar-refractivity contribution in [3.05, 3.63) is 84.6 Å². The van der Waals surface area contributed by atoms with E-state index in [4.69, 9.17) is 23.2 Å². The molecule has 31 heavy (non-hydrogen) atoms. The standard InChI is InChI=1S/C17H11Cl2N7O5/c18-10-3-6-12(19)13(7-10)22-15-14(26(30)31)16(21-8-20-15)23-24-17(27)9-1-4-11(5-2-9)25(28)29/h1-8H,(H,24,27)(H2,20,21,22,23). The molecular weight excluding hydrogens is 453 g/mol. The average Bonchev–Trinajstić information content (AvgIpc) is 2.74. The molecule has 1 aromatic heterocycles. The topological polar surface area (TPSA) is 165 Å². The minimum absolute atomic E-state index is 0.0823. The Hall–Kier alpha value is -4.03. The third-order valence-electron chi connectivity index (χ3n) is 3.82. The fraction of sp³-hybridized carbons (Fsp3) is 0. The molecular formula is C17H11Cl2N7O5. The molecule has 1 amide bonds. The molecule has 3 aromatic rings. The number of hydrogen-bond acceptors (Lipinski definition) is 9. The van der Waals surface area contributed by atoms with Crippen molar-refractivity contribution in [1.29, 1.82) is 0 Å². The van der Waals surface area contributed by atoms with Gasteiger partial charge in [0.25, 0.3) is 11.6 Å². The summed E-state index contributed by atoms with van der Waals surface area (Å²) >= 11 is 12.0. The molecule has 0 aliphatic heterocycles. The quantitative estimate of drug-likeness (QED) is 0.345. The number of amides is 1. The number of rotatable bonds is 7. The second-order valence-electron chi connectivity index (χ2n) is 5.81. The van der Waals surface area contributed by atoms with E-state index < -0.39 is 21.4 Å². The molecule has 2 aromatic carbocycles. The van der Waals surface area contributed by atoms with Crippen LogP contribution in [0.3, 0.4) is 0 Å². The van der Waals surface area contributed by atoms with Crippen molar-refractivity contribution in [2.24, 2.45) is 0 Å². The van der Waals surface area contributed by atoms with Crippen LogP contribution in [-0.4, -0.2) is 25.7 Å². The Kier molecular flexibility index (Phi) is 6.43. The Morgan fingerprint density at radius 1 is 0.935 bits per heavy atom. The summed E-state index contributed by atoms with van der Waals surface area (Å²) in [7, 11) is 0. The van der Waals surface area contributed by atoms with Crippen LogP contribution in [0, 0.1) is 20.2 Å². The van der Waals surface area contributed by atoms with Crippen molar-refractivity contribution >= 4 is 57.8 Å². The van der Waals surface area contributed by atoms with Crippen molar-refractivity contribution in [1.82, 2.24) is 15.4 Å². The number of nitro benzene ring substituents is 1. The summed E-state index contributed by atoms with van der Waals surface area (Å²) in [6.07, 6.45) is 1.04. The van der Waals surface area contributed by atoms with Gasteiger partial charge in [-0.05, 0) is 30.3 Å². The Morgan fingerprint density at radius 2 is 1.61 bits per heavy atom. The normalized spacial score (nSPS) is 10.3. The first-order valence-electron chi connectivity index (χ1n) is 8.28. The molecule has 0 aliphatic carbocycles. The van der Waals surface area contributed by atoms with Gasteiger partial charge in [-0.15, -0.1) is 0 Å². The van der Waals surface area contributed by atoms with E-state index >= 15 is 0 Å². The van der Waals surface area contributed by atoms with Crippen LogP contribution < -0.4 is 16.2 Å². The Morgan fingerprint density at radius 3 is 2.26 bits per heavy atom. The van der Waals surface area contributed by atoms with Crippen LogP contribution in [0.5, 0.6) is 0 Å². The first-order chi connectivity index (χ1) is 14.8. The van der Waals surface area contributed by atoms with Gasteiger partial charge in [0.1, 0.15) is 6.33 Å². The number of aromatic nitrogens is 2. The van der Waals surface area contributed by atoms with E-state index in [2.05, 4.69) is 26.1 Å². The van der Waals surface area contributed by atoms with Gasteiger partial charge in [0.15, 0.2) is 0 Å². The SMILES string of the molecule is O=C(NNc1ncnc(Nc2cc(Cl)ccc2Cl)c1[N+](=O)[O-])c1ccc([N+](=O)[O-])cc1. The second-order valence-corrected chi connectivity index (χ2v) is 6.65. The molecule has 14 heteroatoms. The molecule has 158 valence electrons. The molecule has 0 saturated carbocycles. The van der Waals surface area contributed by atoms with Crippen LogP contribution in [0.4, 0.5) is 28.7 Å². The van der Waals surface area contributed by atoms with Crippen molar-refractivity contribution in [2.75, 3.05) is 10.7 Å². The summed E-state index contributed by atoms with van der Waals surface area (Å²) in [4.78, 5) is 40.8. The van der Waals surface area contributed by atoms with E-state index in [-0.39, 0.29) is 33.6 Å². The van der Waals surface area contributed by atoms with Gasteiger partial charge in [-0.1, -0.05) is 23.2 Å². The summed E-state index contributed by atoms with van der Waals surface area (Å²) in [6, 6.07) is 9.28. The predicted molar refractivity (Wildman–Crippen MR) is 113 cm³/mol. The highest BCUT2D eigenvalue weighted by molar-refractivity contribution is 6.35. The molecule has 0 atom stereocenters. The molecule has 0 aliphatic rings. The fourth-order valence-electron chi connectivity index (χ4n) is 2.38. The number of carbonyl (C=O) groups is 1. The van der Waals surface area contributed by atoms with Gasteiger partial charge in [-0.2, -0.15) is 0 Å². The lowest BCUT2D eigenvalue weighted by atomic mass is 10.2. The second kappa shape index (κ2) is 9.19. The average molecular weight is 464 g/mol. The number of anilines is 3. The van der Waals surface area contributed by atoms with Gasteiger partial charge in [0, 0.05) is 22.7 Å². The Balaban J connectivity index is 1.82. The summed E-state index contributed by atoms with van der Waals surface area (Å²) in [6.45, 7) is 0. The molecule has 0 saturated heterocycles. The van der Waals surface area contributed by atoms with Gasteiger partial charge >= 0.3 is 5.69 Å². The van der Waals surface area contributed by atoms with Crippen molar-refractivity contribution in [2.45, 2.75) is 0 Å². The van der Waals surface area contributed by atoms with Gasteiger partial charge < -0.3 is 5.32 Å². The number of non-ortho nitro benzene ring substituents is 1. The van der Waals surface area contributed by atoms with Crippen molar-refractivity contribution < 1.29 is 14.6 Å². The van der Waals surface area contributed by atoms with E-state index in [1.54, 1.807) is 6.07 Å². The third-order valence-corrected chi connectivity index (χ3v) is 4.39. The number of carbonyl (C=O) groups excluding carboxylic acids is 1. The number of hydrazine groups is 1. The summed E-state index contributed by atoms with van der Waals surface area (Å²) in [5.41, 5.74) is 4.20. The van der Waals surface area contributed by atoms with E-state index in [0.29, 0.717) is 5.02 Å². The Bertz CT molecular complexity index is 1170. The van der Waals surface area contributed by atoms with Crippen molar-refractivity contribution in [3.8, 4) is 0 Å². The lowest BCUT2D eigenvalue weighted by Gasteiger charge is -2.12. The number of hydrogen-bond donors (Lipinski definition) is 3. The molecule has 0 spiro atoms. The number of halogens is 2. The highest BCUT2D eigenvalue weighted by Crippen LogP contribution is 2.34. The van der Waals surface area contributed by atoms with Crippen LogP contribution in [0.25, 0.3) is 0 Å². The van der Waals surface area contributed by atoms with Crippen LogP contribution in [0.1, 0.15) is 10.4 Å². The van der Waals surface area contributed by atoms with E-state index in [1.807, 2.05) is 0 Å². The fourth-order valence-corrected chi connectivity index (χ4v) is 2.72. The molecule has 3 N–H and O–H groups in total. The summed E-state index contributed by atoms with van der Waals surface area (Å²) < 4.78 is 0. The number of nitrogens with one attached hydrogen (secondary N) is 3. The molecule has 0 unspecified atom stereocenters. The molecule has 3 rings (SSSR count). The van der Waals surface area contributed by atoms with Crippen molar-refractivity contribution in [3.63, 3.8) is 0 Å². The van der Waals surface area contributed by atoms with Gasteiger partial charge in [0.2, 0.25) is 11.6 Å². The smallest absolute Gasteiger partial charge is 0.333 e. The Labute approximate surface area is 183 Å². The van der Waals surface area contributed by atoms with Gasteiger partial charge in [-0.3, -0.25) is 35.9 Å². The zero-order valence-corrected chi connectivity index (χ0v) is 16.7. The van der Waals surface area contributed by atoms with Crippen LogP contribution in [0.2, 0.25) is 10.0 Å². The first-order valence-corrected chi connectivity index (χ1v) is 9.04. The number of benzene rings is 2. The molecule has 0 fully saturated rings. The maximum Gasteiger partial charge on any atom is 0.355 e. The molecule has 1 heterocycles. The molecule has 0 bridgehead atoms. The highest BCUT2D eigenvalue weighted by atomic mass is 35.5. The largest absolute Gasteiger partial charge is 0.355 e. The van der Waals surface area contributed by atoms with Crippen LogP contribution >= 0.6 is 23.2 Å². The lowest BCUT2D eigenvalue weighted by Crippen LogP contribution is -2.30. The van der Waals surface area contributed by atoms with Crippen LogP contribution in [0.15, 0.2) is 48.8 Å². The van der Waals surface area contributed by atoms with E-state index in [0.717, 1.165) is 18.5 Å². The molecule has 12 nitrogen and oxygen atoms in total. The highest BCUT2D eigenvalue weighted by Gasteiger charge is 2.24. The zero-order chi connectivity index (χ0) is 22.5. The minimum Gasteiger partial charge on any atom is -0.333 e. The maximum absolute atomic E-state index is 12.2. The van der Waals surface area contributed by atoms with Gasteiger partial charge in [0.05, 0.1) is 20.6 Å². The third kappa shape index (κ3) is 5.12. The van der Waals surface area contributed by atoms with E-state index in [1.165, 1.54) is 24.3 Å².